The molecular weight excluding hydrogens is 247 g/mol. The van der Waals surface area contributed by atoms with Crippen LogP contribution >= 0.6 is 0 Å². The van der Waals surface area contributed by atoms with E-state index in [1.54, 1.807) is 18.8 Å². The summed E-state index contributed by atoms with van der Waals surface area (Å²) in [6.07, 6.45) is 0. The SMILES string of the molecule is COC(=O)C(C(C)C)n1c(O)c(F)c(=O)[nH]c1=O. The van der Waals surface area contributed by atoms with E-state index in [0.29, 0.717) is 4.57 Å². The second kappa shape index (κ2) is 5.03. The molecule has 0 fully saturated rings. The smallest absolute Gasteiger partial charge is 0.332 e. The minimum Gasteiger partial charge on any atom is -0.492 e. The zero-order valence-corrected chi connectivity index (χ0v) is 10.1. The van der Waals surface area contributed by atoms with Crippen LogP contribution in [-0.2, 0) is 9.53 Å². The van der Waals surface area contributed by atoms with Gasteiger partial charge in [0.05, 0.1) is 7.11 Å². The van der Waals surface area contributed by atoms with Crippen molar-refractivity contribution in [2.24, 2.45) is 5.92 Å². The molecule has 0 aromatic carbocycles. The van der Waals surface area contributed by atoms with Crippen molar-refractivity contribution in [3.63, 3.8) is 0 Å². The Labute approximate surface area is 101 Å². The van der Waals surface area contributed by atoms with Gasteiger partial charge in [-0.15, -0.1) is 0 Å². The summed E-state index contributed by atoms with van der Waals surface area (Å²) in [5.41, 5.74) is -2.43. The number of aromatic nitrogens is 2. The van der Waals surface area contributed by atoms with E-state index in [1.807, 2.05) is 0 Å². The predicted molar refractivity (Wildman–Crippen MR) is 58.8 cm³/mol. The Bertz CT molecular complexity index is 575. The van der Waals surface area contributed by atoms with Crippen molar-refractivity contribution in [3.05, 3.63) is 26.7 Å². The number of hydrogen-bond acceptors (Lipinski definition) is 5. The standard InChI is InChI=1S/C10H13FN2O5/c1-4(2)6(9(16)18-3)13-8(15)5(11)7(14)12-10(13)17/h4,6,15H,1-3H3,(H,12,14,17). The highest BCUT2D eigenvalue weighted by atomic mass is 19.1. The summed E-state index contributed by atoms with van der Waals surface area (Å²) in [5, 5.41) is 9.48. The summed E-state index contributed by atoms with van der Waals surface area (Å²) >= 11 is 0. The van der Waals surface area contributed by atoms with Gasteiger partial charge in [0.25, 0.3) is 5.56 Å². The molecule has 1 aromatic heterocycles. The minimum atomic E-state index is -1.52. The van der Waals surface area contributed by atoms with Gasteiger partial charge >= 0.3 is 11.7 Å². The Kier molecular flexibility index (Phi) is 3.89. The second-order valence-corrected chi connectivity index (χ2v) is 3.98. The number of H-pyrrole nitrogens is 1. The molecule has 0 amide bonds. The Hall–Kier alpha value is -2.12. The zero-order chi connectivity index (χ0) is 14.0. The molecule has 0 aliphatic rings. The van der Waals surface area contributed by atoms with E-state index in [2.05, 4.69) is 4.74 Å². The van der Waals surface area contributed by atoms with Gasteiger partial charge in [0.15, 0.2) is 0 Å². The Morgan fingerprint density at radius 3 is 2.44 bits per heavy atom. The first-order valence-corrected chi connectivity index (χ1v) is 5.12. The molecule has 0 aliphatic carbocycles. The zero-order valence-electron chi connectivity index (χ0n) is 10.1. The number of ether oxygens (including phenoxy) is 1. The van der Waals surface area contributed by atoms with E-state index in [4.69, 9.17) is 0 Å². The maximum Gasteiger partial charge on any atom is 0.332 e. The number of methoxy groups -OCH3 is 1. The number of aromatic amines is 1. The number of esters is 1. The summed E-state index contributed by atoms with van der Waals surface area (Å²) in [6.45, 7) is 3.16. The van der Waals surface area contributed by atoms with Gasteiger partial charge in [0, 0.05) is 0 Å². The van der Waals surface area contributed by atoms with Crippen LogP contribution in [0.2, 0.25) is 0 Å². The van der Waals surface area contributed by atoms with Crippen LogP contribution in [-0.4, -0.2) is 27.7 Å². The van der Waals surface area contributed by atoms with Crippen LogP contribution in [0.3, 0.4) is 0 Å². The Morgan fingerprint density at radius 1 is 1.44 bits per heavy atom. The Balaban J connectivity index is 3.57. The number of carbonyl (C=O) groups is 1. The van der Waals surface area contributed by atoms with Crippen LogP contribution in [0.5, 0.6) is 5.88 Å². The number of rotatable bonds is 3. The lowest BCUT2D eigenvalue weighted by Crippen LogP contribution is -2.39. The molecule has 1 heterocycles. The summed E-state index contributed by atoms with van der Waals surface area (Å²) in [7, 11) is 1.10. The first kappa shape index (κ1) is 13.9. The summed E-state index contributed by atoms with van der Waals surface area (Å²) < 4.78 is 18.2. The summed E-state index contributed by atoms with van der Waals surface area (Å²) in [4.78, 5) is 35.7. The number of halogens is 1. The van der Waals surface area contributed by atoms with E-state index in [-0.39, 0.29) is 0 Å². The molecule has 8 heteroatoms. The molecular formula is C10H13FN2O5. The third kappa shape index (κ3) is 2.27. The highest BCUT2D eigenvalue weighted by Gasteiger charge is 2.30. The molecule has 1 unspecified atom stereocenters. The normalized spacial score (nSPS) is 12.5. The van der Waals surface area contributed by atoms with Crippen molar-refractivity contribution < 1.29 is 19.0 Å². The average molecular weight is 260 g/mol. The second-order valence-electron chi connectivity index (χ2n) is 3.98. The van der Waals surface area contributed by atoms with E-state index in [1.165, 1.54) is 0 Å². The van der Waals surface area contributed by atoms with Gasteiger partial charge in [0.2, 0.25) is 11.7 Å². The van der Waals surface area contributed by atoms with Gasteiger partial charge in [-0.3, -0.25) is 9.78 Å². The lowest BCUT2D eigenvalue weighted by molar-refractivity contribution is -0.146. The summed E-state index contributed by atoms with van der Waals surface area (Å²) in [6, 6.07) is -1.23. The number of nitrogens with zero attached hydrogens (tertiary/aromatic N) is 1. The van der Waals surface area contributed by atoms with Gasteiger partial charge in [-0.1, -0.05) is 13.8 Å². The number of aromatic hydroxyl groups is 1. The fraction of sp³-hybridized carbons (Fsp3) is 0.500. The van der Waals surface area contributed by atoms with Gasteiger partial charge in [-0.25, -0.2) is 14.2 Å². The molecule has 0 saturated carbocycles. The lowest BCUT2D eigenvalue weighted by Gasteiger charge is -2.21. The number of carbonyl (C=O) groups excluding carboxylic acids is 1. The van der Waals surface area contributed by atoms with Gasteiger partial charge < -0.3 is 9.84 Å². The van der Waals surface area contributed by atoms with Crippen LogP contribution < -0.4 is 11.2 Å². The highest BCUT2D eigenvalue weighted by molar-refractivity contribution is 5.74. The molecule has 0 spiro atoms. The molecule has 0 bridgehead atoms. The van der Waals surface area contributed by atoms with Crippen molar-refractivity contribution in [2.75, 3.05) is 7.11 Å². The van der Waals surface area contributed by atoms with Crippen LogP contribution in [0.4, 0.5) is 4.39 Å². The van der Waals surface area contributed by atoms with Gasteiger partial charge in [0.1, 0.15) is 6.04 Å². The van der Waals surface area contributed by atoms with Crippen LogP contribution in [0, 0.1) is 11.7 Å². The molecule has 100 valence electrons. The molecule has 0 radical (unpaired) electrons. The molecule has 2 N–H and O–H groups in total. The molecule has 7 nitrogen and oxygen atoms in total. The van der Waals surface area contributed by atoms with Crippen LogP contribution in [0.1, 0.15) is 19.9 Å². The quantitative estimate of drug-likeness (QED) is 0.730. The minimum absolute atomic E-state index is 0.452. The van der Waals surface area contributed by atoms with Crippen molar-refractivity contribution >= 4 is 5.97 Å². The number of nitrogens with one attached hydrogen (secondary N) is 1. The largest absolute Gasteiger partial charge is 0.492 e. The maximum atomic E-state index is 13.3. The average Bonchev–Trinajstić information content (AvgIpc) is 2.30. The maximum absolute atomic E-state index is 13.3. The van der Waals surface area contributed by atoms with E-state index < -0.39 is 40.9 Å². The number of hydrogen-bond donors (Lipinski definition) is 2. The first-order chi connectivity index (χ1) is 8.31. The monoisotopic (exact) mass is 260 g/mol. The van der Waals surface area contributed by atoms with Crippen LogP contribution in [0.15, 0.2) is 9.59 Å². The summed E-state index contributed by atoms with van der Waals surface area (Å²) in [5.74, 6) is -3.99. The molecule has 18 heavy (non-hydrogen) atoms. The fourth-order valence-corrected chi connectivity index (χ4v) is 1.57. The molecule has 1 aromatic rings. The van der Waals surface area contributed by atoms with E-state index >= 15 is 0 Å². The van der Waals surface area contributed by atoms with Gasteiger partial charge in [-0.05, 0) is 5.92 Å². The van der Waals surface area contributed by atoms with E-state index in [0.717, 1.165) is 7.11 Å². The third-order valence-corrected chi connectivity index (χ3v) is 2.42. The lowest BCUT2D eigenvalue weighted by atomic mass is 10.0. The topological polar surface area (TPSA) is 101 Å². The Morgan fingerprint density at radius 2 is 2.00 bits per heavy atom. The predicted octanol–water partition coefficient (Wildman–Crippen LogP) is -0.249. The van der Waals surface area contributed by atoms with Gasteiger partial charge in [-0.2, -0.15) is 4.39 Å². The highest BCUT2D eigenvalue weighted by Crippen LogP contribution is 2.22. The van der Waals surface area contributed by atoms with Crippen molar-refractivity contribution in [1.29, 1.82) is 0 Å². The van der Waals surface area contributed by atoms with Crippen molar-refractivity contribution in [2.45, 2.75) is 19.9 Å². The first-order valence-electron chi connectivity index (χ1n) is 5.12. The van der Waals surface area contributed by atoms with Crippen LogP contribution in [0.25, 0.3) is 0 Å². The molecule has 1 rings (SSSR count). The fourth-order valence-electron chi connectivity index (χ4n) is 1.57. The third-order valence-electron chi connectivity index (χ3n) is 2.42. The van der Waals surface area contributed by atoms with E-state index in [9.17, 15) is 23.9 Å². The molecule has 0 aliphatic heterocycles. The van der Waals surface area contributed by atoms with Crippen molar-refractivity contribution in [3.8, 4) is 5.88 Å². The molecule has 0 saturated heterocycles. The van der Waals surface area contributed by atoms with Crippen molar-refractivity contribution in [1.82, 2.24) is 9.55 Å². The molecule has 1 atom stereocenters.